The Balaban J connectivity index is 2.03. The molecule has 0 saturated carbocycles. The van der Waals surface area contributed by atoms with E-state index in [1.807, 2.05) is 18.2 Å². The number of nitrogens with one attached hydrogen (secondary N) is 2. The molecular weight excluding hydrogens is 486 g/mol. The molecule has 0 aliphatic heterocycles. The highest BCUT2D eigenvalue weighted by Crippen LogP contribution is 2.25. The summed E-state index contributed by atoms with van der Waals surface area (Å²) in [5, 5.41) is 6.35. The van der Waals surface area contributed by atoms with Crippen LogP contribution in [0.5, 0.6) is 0 Å². The molecule has 0 bridgehead atoms. The number of rotatable bonds is 2. The first-order valence-corrected chi connectivity index (χ1v) is 8.45. The molecule has 0 radical (unpaired) electrons. The average Bonchev–Trinajstić information content (AvgIpc) is 2.43. The summed E-state index contributed by atoms with van der Waals surface area (Å²) < 4.78 is 1.66. The fourth-order valence-electron chi connectivity index (χ4n) is 1.55. The number of anilines is 1. The van der Waals surface area contributed by atoms with E-state index >= 15 is 0 Å². The van der Waals surface area contributed by atoms with Crippen LogP contribution in [0, 0.1) is 3.57 Å². The fraction of sp³-hybridized carbons (Fsp3) is 0. The first kappa shape index (κ1) is 16.7. The van der Waals surface area contributed by atoms with Crippen molar-refractivity contribution >= 4 is 79.0 Å². The predicted octanol–water partition coefficient (Wildman–Crippen LogP) is 4.83. The highest BCUT2D eigenvalue weighted by molar-refractivity contribution is 14.1. The van der Waals surface area contributed by atoms with Gasteiger partial charge in [-0.2, -0.15) is 0 Å². The third-order valence-corrected chi connectivity index (χ3v) is 4.90. The molecule has 0 fully saturated rings. The Hall–Kier alpha value is -0.700. The lowest BCUT2D eigenvalue weighted by molar-refractivity contribution is 0.0977. The zero-order valence-corrected chi connectivity index (χ0v) is 15.8. The SMILES string of the molecule is O=C(NC(=S)Nc1ccc(Br)c(Cl)c1)c1ccccc1I. The molecule has 1 amide bonds. The first-order valence-electron chi connectivity index (χ1n) is 5.79. The van der Waals surface area contributed by atoms with E-state index in [1.54, 1.807) is 24.3 Å². The molecule has 2 aromatic rings. The van der Waals surface area contributed by atoms with Crippen LogP contribution in [0.4, 0.5) is 5.69 Å². The second-order valence-corrected chi connectivity index (χ2v) is 6.85. The van der Waals surface area contributed by atoms with Crippen LogP contribution in [-0.4, -0.2) is 11.0 Å². The lowest BCUT2D eigenvalue weighted by Gasteiger charge is -2.11. The number of halogens is 3. The standard InChI is InChI=1S/C14H9BrClIN2OS/c15-10-6-5-8(7-11(10)16)18-14(21)19-13(20)9-3-1-2-4-12(9)17/h1-7H,(H2,18,19,20,21). The fourth-order valence-corrected chi connectivity index (χ4v) is 2.82. The van der Waals surface area contributed by atoms with Crippen LogP contribution >= 0.6 is 62.3 Å². The van der Waals surface area contributed by atoms with Crippen molar-refractivity contribution in [3.05, 3.63) is 61.1 Å². The Kier molecular flexibility index (Phi) is 5.98. The topological polar surface area (TPSA) is 41.1 Å². The van der Waals surface area contributed by atoms with Gasteiger partial charge < -0.3 is 5.32 Å². The normalized spacial score (nSPS) is 10.0. The second-order valence-electron chi connectivity index (χ2n) is 4.02. The Morgan fingerprint density at radius 3 is 2.62 bits per heavy atom. The monoisotopic (exact) mass is 494 g/mol. The van der Waals surface area contributed by atoms with E-state index in [0.717, 1.165) is 8.04 Å². The number of carbonyl (C=O) groups excluding carboxylic acids is 1. The molecule has 2 N–H and O–H groups in total. The highest BCUT2D eigenvalue weighted by Gasteiger charge is 2.11. The van der Waals surface area contributed by atoms with Gasteiger partial charge in [-0.25, -0.2) is 0 Å². The van der Waals surface area contributed by atoms with Gasteiger partial charge in [0.05, 0.1) is 10.6 Å². The third-order valence-electron chi connectivity index (χ3n) is 2.52. The number of amides is 1. The van der Waals surface area contributed by atoms with Gasteiger partial charge in [0.15, 0.2) is 5.11 Å². The number of carbonyl (C=O) groups is 1. The molecule has 2 rings (SSSR count). The van der Waals surface area contributed by atoms with E-state index in [1.165, 1.54) is 0 Å². The molecule has 0 saturated heterocycles. The molecule has 0 spiro atoms. The summed E-state index contributed by atoms with van der Waals surface area (Å²) in [6, 6.07) is 12.6. The Labute approximate surface area is 154 Å². The van der Waals surface area contributed by atoms with Crippen molar-refractivity contribution in [3.8, 4) is 0 Å². The summed E-state index contributed by atoms with van der Waals surface area (Å²) in [6.07, 6.45) is 0. The highest BCUT2D eigenvalue weighted by atomic mass is 127. The van der Waals surface area contributed by atoms with Gasteiger partial charge in [-0.1, -0.05) is 23.7 Å². The molecule has 0 aliphatic rings. The molecule has 0 unspecified atom stereocenters. The van der Waals surface area contributed by atoms with Gasteiger partial charge >= 0.3 is 0 Å². The van der Waals surface area contributed by atoms with Gasteiger partial charge in [-0.05, 0) is 81.1 Å². The quantitative estimate of drug-likeness (QED) is 0.463. The van der Waals surface area contributed by atoms with E-state index in [0.29, 0.717) is 16.3 Å². The molecule has 0 aliphatic carbocycles. The van der Waals surface area contributed by atoms with Crippen molar-refractivity contribution < 1.29 is 4.79 Å². The van der Waals surface area contributed by atoms with Crippen molar-refractivity contribution in [3.63, 3.8) is 0 Å². The van der Waals surface area contributed by atoms with E-state index < -0.39 is 0 Å². The third kappa shape index (κ3) is 4.64. The Bertz CT molecular complexity index is 711. The van der Waals surface area contributed by atoms with Gasteiger partial charge in [-0.15, -0.1) is 0 Å². The predicted molar refractivity (Wildman–Crippen MR) is 102 cm³/mol. The van der Waals surface area contributed by atoms with Gasteiger partial charge in [0.1, 0.15) is 0 Å². The smallest absolute Gasteiger partial charge is 0.258 e. The van der Waals surface area contributed by atoms with Crippen LogP contribution in [0.25, 0.3) is 0 Å². The summed E-state index contributed by atoms with van der Waals surface area (Å²) in [6.45, 7) is 0. The summed E-state index contributed by atoms with van der Waals surface area (Å²) in [7, 11) is 0. The summed E-state index contributed by atoms with van der Waals surface area (Å²) in [5.74, 6) is -0.249. The maximum Gasteiger partial charge on any atom is 0.258 e. The number of hydrogen-bond donors (Lipinski definition) is 2. The molecule has 7 heteroatoms. The molecule has 2 aromatic carbocycles. The largest absolute Gasteiger partial charge is 0.332 e. The van der Waals surface area contributed by atoms with Crippen molar-refractivity contribution in [2.75, 3.05) is 5.32 Å². The molecule has 0 heterocycles. The molecule has 0 aromatic heterocycles. The van der Waals surface area contributed by atoms with Crippen LogP contribution < -0.4 is 10.6 Å². The van der Waals surface area contributed by atoms with E-state index in [9.17, 15) is 4.79 Å². The van der Waals surface area contributed by atoms with Gasteiger partial charge in [0.2, 0.25) is 0 Å². The van der Waals surface area contributed by atoms with Crippen LogP contribution in [-0.2, 0) is 0 Å². The zero-order valence-electron chi connectivity index (χ0n) is 10.5. The average molecular weight is 496 g/mol. The van der Waals surface area contributed by atoms with Crippen LogP contribution in [0.15, 0.2) is 46.9 Å². The van der Waals surface area contributed by atoms with E-state index in [2.05, 4.69) is 49.2 Å². The van der Waals surface area contributed by atoms with Gasteiger partial charge in [0.25, 0.3) is 5.91 Å². The van der Waals surface area contributed by atoms with E-state index in [4.69, 9.17) is 23.8 Å². The number of benzene rings is 2. The Morgan fingerprint density at radius 2 is 1.95 bits per heavy atom. The summed E-state index contributed by atoms with van der Waals surface area (Å²) in [5.41, 5.74) is 1.28. The lowest BCUT2D eigenvalue weighted by Crippen LogP contribution is -2.34. The second kappa shape index (κ2) is 7.53. The summed E-state index contributed by atoms with van der Waals surface area (Å²) in [4.78, 5) is 12.1. The Morgan fingerprint density at radius 1 is 1.24 bits per heavy atom. The molecular formula is C14H9BrClIN2OS. The van der Waals surface area contributed by atoms with Crippen LogP contribution in [0.1, 0.15) is 10.4 Å². The molecule has 3 nitrogen and oxygen atoms in total. The van der Waals surface area contributed by atoms with Crippen LogP contribution in [0.2, 0.25) is 5.02 Å². The van der Waals surface area contributed by atoms with Gasteiger partial charge in [-0.3, -0.25) is 10.1 Å². The molecule has 21 heavy (non-hydrogen) atoms. The van der Waals surface area contributed by atoms with Crippen LogP contribution in [0.3, 0.4) is 0 Å². The minimum Gasteiger partial charge on any atom is -0.332 e. The minimum atomic E-state index is -0.249. The van der Waals surface area contributed by atoms with Gasteiger partial charge in [0, 0.05) is 13.7 Å². The maximum absolute atomic E-state index is 12.1. The number of thiocarbonyl (C=S) groups is 1. The summed E-state index contributed by atoms with van der Waals surface area (Å²) >= 11 is 16.6. The van der Waals surface area contributed by atoms with Crippen molar-refractivity contribution in [1.29, 1.82) is 0 Å². The maximum atomic E-state index is 12.1. The van der Waals surface area contributed by atoms with Crippen molar-refractivity contribution in [2.45, 2.75) is 0 Å². The zero-order chi connectivity index (χ0) is 15.4. The van der Waals surface area contributed by atoms with Crippen molar-refractivity contribution in [2.24, 2.45) is 0 Å². The molecule has 108 valence electrons. The lowest BCUT2D eigenvalue weighted by atomic mass is 10.2. The van der Waals surface area contributed by atoms with E-state index in [-0.39, 0.29) is 11.0 Å². The molecule has 0 atom stereocenters. The minimum absolute atomic E-state index is 0.220. The van der Waals surface area contributed by atoms with Crippen molar-refractivity contribution in [1.82, 2.24) is 5.32 Å². The number of hydrogen-bond acceptors (Lipinski definition) is 2. The first-order chi connectivity index (χ1) is 9.97.